The zero-order valence-electron chi connectivity index (χ0n) is 17.7. The van der Waals surface area contributed by atoms with E-state index in [9.17, 15) is 31.5 Å². The maximum Gasteiger partial charge on any atom is 0.427 e. The Morgan fingerprint density at radius 3 is 2.43 bits per heavy atom. The third kappa shape index (κ3) is 5.08. The van der Waals surface area contributed by atoms with Gasteiger partial charge in [-0.25, -0.2) is 31.4 Å². The largest absolute Gasteiger partial charge is 0.487 e. The molecule has 4 rings (SSSR count). The van der Waals surface area contributed by atoms with Crippen molar-refractivity contribution >= 4 is 44.9 Å². The van der Waals surface area contributed by atoms with Gasteiger partial charge in [-0.1, -0.05) is 11.6 Å². The summed E-state index contributed by atoms with van der Waals surface area (Å²) in [6.07, 6.45) is -0.947. The summed E-state index contributed by atoms with van der Waals surface area (Å²) in [7, 11) is -4.94. The van der Waals surface area contributed by atoms with E-state index in [-0.39, 0.29) is 32.7 Å². The van der Waals surface area contributed by atoms with Crippen LogP contribution >= 0.6 is 22.9 Å². The van der Waals surface area contributed by atoms with Crippen LogP contribution < -0.4 is 9.04 Å². The van der Waals surface area contributed by atoms with Crippen LogP contribution in [0.4, 0.5) is 23.8 Å². The molecule has 0 radical (unpaired) electrons. The second kappa shape index (κ2) is 10.0. The van der Waals surface area contributed by atoms with Crippen molar-refractivity contribution in [2.45, 2.75) is 24.5 Å². The highest BCUT2D eigenvalue weighted by Gasteiger charge is 2.35. The minimum Gasteiger partial charge on any atom is -0.487 e. The molecule has 0 saturated carbocycles. The van der Waals surface area contributed by atoms with Crippen molar-refractivity contribution in [3.05, 3.63) is 68.8 Å². The standard InChI is InChI=1S/C21H17ClF3N3O5S2/c22-14-6-19(35(31,32)28(21(29)30)20-10-34-11-26-20)17(25)7-18(14)33-9-13-12(8-27-4-1-5-27)15(23)2-3-16(13)24/h2-3,6-7,10-11H,1,4-5,8-9H2,(H,29,30). The van der Waals surface area contributed by atoms with Gasteiger partial charge >= 0.3 is 6.09 Å². The monoisotopic (exact) mass is 547 g/mol. The van der Waals surface area contributed by atoms with E-state index in [0.717, 1.165) is 48.4 Å². The van der Waals surface area contributed by atoms with Crippen molar-refractivity contribution < 1.29 is 36.2 Å². The van der Waals surface area contributed by atoms with Crippen LogP contribution in [-0.2, 0) is 23.2 Å². The molecular weight excluding hydrogens is 531 g/mol. The Bertz CT molecular complexity index is 1370. The summed E-state index contributed by atoms with van der Waals surface area (Å²) in [4.78, 5) is 16.1. The van der Waals surface area contributed by atoms with Gasteiger partial charge in [0.25, 0.3) is 10.0 Å². The van der Waals surface area contributed by atoms with Crippen LogP contribution in [0.5, 0.6) is 5.75 Å². The van der Waals surface area contributed by atoms with E-state index >= 15 is 0 Å². The van der Waals surface area contributed by atoms with Gasteiger partial charge in [-0.15, -0.1) is 15.6 Å². The first-order chi connectivity index (χ1) is 16.6. The molecule has 1 aliphatic heterocycles. The minimum atomic E-state index is -4.94. The number of carboxylic acid groups (broad SMARTS) is 1. The number of rotatable bonds is 8. The summed E-state index contributed by atoms with van der Waals surface area (Å²) in [6.45, 7) is 1.16. The van der Waals surface area contributed by atoms with Crippen LogP contribution in [0.3, 0.4) is 0 Å². The van der Waals surface area contributed by atoms with Crippen LogP contribution in [0.1, 0.15) is 17.5 Å². The molecule has 3 aromatic rings. The number of aromatic nitrogens is 1. The maximum absolute atomic E-state index is 14.9. The van der Waals surface area contributed by atoms with E-state index in [1.54, 1.807) is 0 Å². The second-order valence-corrected chi connectivity index (χ2v) is 10.4. The predicted octanol–water partition coefficient (Wildman–Crippen LogP) is 4.87. The molecule has 1 N–H and O–H groups in total. The van der Waals surface area contributed by atoms with Crippen LogP contribution in [0.25, 0.3) is 0 Å². The molecule has 0 aliphatic carbocycles. The first-order valence-corrected chi connectivity index (χ1v) is 12.8. The average molecular weight is 548 g/mol. The molecule has 1 amide bonds. The molecule has 0 unspecified atom stereocenters. The van der Waals surface area contributed by atoms with Crippen LogP contribution in [0.2, 0.25) is 5.02 Å². The highest BCUT2D eigenvalue weighted by molar-refractivity contribution is 7.93. The quantitative estimate of drug-likeness (QED) is 0.429. The lowest BCUT2D eigenvalue weighted by Gasteiger charge is -2.31. The van der Waals surface area contributed by atoms with Crippen LogP contribution in [-0.4, -0.2) is 42.6 Å². The number of carbonyl (C=O) groups is 1. The summed E-state index contributed by atoms with van der Waals surface area (Å²) in [5.74, 6) is -3.47. The SMILES string of the molecule is O=C(O)N(c1cscn1)S(=O)(=O)c1cc(Cl)c(OCc2c(F)ccc(F)c2CN2CCC2)cc1F. The van der Waals surface area contributed by atoms with E-state index in [4.69, 9.17) is 16.3 Å². The lowest BCUT2D eigenvalue weighted by Crippen LogP contribution is -2.37. The lowest BCUT2D eigenvalue weighted by atomic mass is 10.0. The minimum absolute atomic E-state index is 0.0781. The van der Waals surface area contributed by atoms with Crippen molar-refractivity contribution in [2.75, 3.05) is 17.4 Å². The Morgan fingerprint density at radius 1 is 1.17 bits per heavy atom. The topological polar surface area (TPSA) is 100 Å². The highest BCUT2D eigenvalue weighted by atomic mass is 35.5. The molecule has 1 aliphatic rings. The number of thiazole rings is 1. The number of sulfonamides is 1. The number of likely N-dealkylation sites (tertiary alicyclic amines) is 1. The summed E-state index contributed by atoms with van der Waals surface area (Å²) in [5, 5.41) is 10.2. The third-order valence-corrected chi connectivity index (χ3v) is 7.89. The molecular formula is C21H17ClF3N3O5S2. The van der Waals surface area contributed by atoms with Gasteiger partial charge in [0.15, 0.2) is 5.82 Å². The Kier molecular flexibility index (Phi) is 7.22. The normalized spacial score (nSPS) is 13.9. The number of amides is 1. The van der Waals surface area contributed by atoms with Crippen molar-refractivity contribution in [3.63, 3.8) is 0 Å². The summed E-state index contributed by atoms with van der Waals surface area (Å²) in [5.41, 5.74) is 1.23. The van der Waals surface area contributed by atoms with Crippen molar-refractivity contribution in [3.8, 4) is 5.75 Å². The van der Waals surface area contributed by atoms with Gasteiger partial charge in [0.05, 0.1) is 10.5 Å². The summed E-state index contributed by atoms with van der Waals surface area (Å²) >= 11 is 7.04. The molecule has 186 valence electrons. The Morgan fingerprint density at radius 2 is 1.86 bits per heavy atom. The molecule has 1 saturated heterocycles. The van der Waals surface area contributed by atoms with Crippen molar-refractivity contribution in [1.82, 2.24) is 9.88 Å². The number of halogens is 4. The molecule has 0 spiro atoms. The lowest BCUT2D eigenvalue weighted by molar-refractivity contribution is 0.168. The van der Waals surface area contributed by atoms with Gasteiger partial charge in [0.1, 0.15) is 34.7 Å². The van der Waals surface area contributed by atoms with E-state index in [1.165, 1.54) is 5.51 Å². The molecule has 2 heterocycles. The second-order valence-electron chi connectivity index (χ2n) is 7.52. The van der Waals surface area contributed by atoms with Gasteiger partial charge in [-0.05, 0) is 37.7 Å². The average Bonchev–Trinajstić information content (AvgIpc) is 3.27. The predicted molar refractivity (Wildman–Crippen MR) is 122 cm³/mol. The molecule has 1 fully saturated rings. The fourth-order valence-corrected chi connectivity index (χ4v) is 5.61. The van der Waals surface area contributed by atoms with Crippen LogP contribution in [0.15, 0.2) is 40.1 Å². The van der Waals surface area contributed by atoms with E-state index in [0.29, 0.717) is 12.1 Å². The van der Waals surface area contributed by atoms with E-state index in [2.05, 4.69) is 4.98 Å². The number of hydrogen-bond donors (Lipinski definition) is 1. The Hall–Kier alpha value is -2.87. The van der Waals surface area contributed by atoms with Gasteiger partial charge in [-0.3, -0.25) is 4.90 Å². The maximum atomic E-state index is 14.9. The highest BCUT2D eigenvalue weighted by Crippen LogP contribution is 2.34. The number of benzene rings is 2. The number of hydrogen-bond acceptors (Lipinski definition) is 7. The molecule has 35 heavy (non-hydrogen) atoms. The van der Waals surface area contributed by atoms with Gasteiger partial charge in [-0.2, -0.15) is 0 Å². The Balaban J connectivity index is 1.62. The zero-order chi connectivity index (χ0) is 25.3. The smallest absolute Gasteiger partial charge is 0.427 e. The molecule has 2 aromatic carbocycles. The zero-order valence-corrected chi connectivity index (χ0v) is 20.1. The van der Waals surface area contributed by atoms with Gasteiger partial charge < -0.3 is 9.84 Å². The molecule has 0 bridgehead atoms. The molecule has 14 heteroatoms. The summed E-state index contributed by atoms with van der Waals surface area (Å²) < 4.78 is 74.9. The third-order valence-electron chi connectivity index (χ3n) is 5.33. The fourth-order valence-electron chi connectivity index (χ4n) is 3.42. The van der Waals surface area contributed by atoms with Gasteiger partial charge in [0.2, 0.25) is 0 Å². The molecule has 1 aromatic heterocycles. The fraction of sp³-hybridized carbons (Fsp3) is 0.238. The molecule has 8 nitrogen and oxygen atoms in total. The number of anilines is 1. The van der Waals surface area contributed by atoms with Gasteiger partial charge in [0, 0.05) is 29.1 Å². The number of nitrogens with zero attached hydrogens (tertiary/aromatic N) is 3. The number of ether oxygens (including phenoxy) is 1. The van der Waals surface area contributed by atoms with Crippen molar-refractivity contribution in [1.29, 1.82) is 0 Å². The van der Waals surface area contributed by atoms with Crippen molar-refractivity contribution in [2.24, 2.45) is 0 Å². The summed E-state index contributed by atoms with van der Waals surface area (Å²) in [6, 6.07) is 3.29. The van der Waals surface area contributed by atoms with E-state index < -0.39 is 50.9 Å². The first-order valence-electron chi connectivity index (χ1n) is 10.1. The first kappa shape index (κ1) is 25.2. The Labute approximate surface area is 207 Å². The van der Waals surface area contributed by atoms with E-state index in [1.807, 2.05) is 4.90 Å². The van der Waals surface area contributed by atoms with Crippen LogP contribution in [0, 0.1) is 17.5 Å². The molecule has 0 atom stereocenters.